The van der Waals surface area contributed by atoms with E-state index in [1.54, 1.807) is 11.3 Å². The molecule has 72 valence electrons. The molecule has 0 amide bonds. The largest absolute Gasteiger partial charge is 0.469 e. The predicted octanol–water partition coefficient (Wildman–Crippen LogP) is 2.90. The van der Waals surface area contributed by atoms with E-state index >= 15 is 0 Å². The van der Waals surface area contributed by atoms with Gasteiger partial charge in [0.1, 0.15) is 0 Å². The first-order valence-corrected chi connectivity index (χ1v) is 5.23. The van der Waals surface area contributed by atoms with Gasteiger partial charge in [0, 0.05) is 11.3 Å². The van der Waals surface area contributed by atoms with Crippen LogP contribution in [-0.2, 0) is 16.0 Å². The molecule has 1 rings (SSSR count). The topological polar surface area (TPSA) is 26.3 Å². The highest BCUT2D eigenvalue weighted by molar-refractivity contribution is 7.16. The maximum atomic E-state index is 10.8. The molecule has 0 bridgehead atoms. The van der Waals surface area contributed by atoms with Crippen LogP contribution >= 0.6 is 22.9 Å². The zero-order chi connectivity index (χ0) is 9.68. The smallest absolute Gasteiger partial charge is 0.305 e. The highest BCUT2D eigenvalue weighted by atomic mass is 35.5. The zero-order valence-electron chi connectivity index (χ0n) is 7.38. The van der Waals surface area contributed by atoms with Crippen LogP contribution in [0.3, 0.4) is 0 Å². The Balaban J connectivity index is 2.24. The van der Waals surface area contributed by atoms with Gasteiger partial charge in [-0.2, -0.15) is 0 Å². The Morgan fingerprint density at radius 1 is 1.62 bits per heavy atom. The number of aryl methyl sites for hydroxylation is 1. The molecule has 0 aliphatic heterocycles. The van der Waals surface area contributed by atoms with Crippen LogP contribution in [0.25, 0.3) is 0 Å². The van der Waals surface area contributed by atoms with E-state index in [2.05, 4.69) is 4.74 Å². The van der Waals surface area contributed by atoms with E-state index in [-0.39, 0.29) is 5.97 Å². The Morgan fingerprint density at radius 2 is 2.38 bits per heavy atom. The van der Waals surface area contributed by atoms with Crippen molar-refractivity contribution in [2.24, 2.45) is 0 Å². The third kappa shape index (κ3) is 3.79. The van der Waals surface area contributed by atoms with Gasteiger partial charge in [-0.05, 0) is 25.0 Å². The number of carbonyl (C=O) groups excluding carboxylic acids is 1. The first kappa shape index (κ1) is 10.5. The van der Waals surface area contributed by atoms with Crippen molar-refractivity contribution in [3.8, 4) is 0 Å². The average molecular weight is 219 g/mol. The van der Waals surface area contributed by atoms with E-state index in [1.807, 2.05) is 12.1 Å². The number of carbonyl (C=O) groups is 1. The molecule has 0 aliphatic rings. The monoisotopic (exact) mass is 218 g/mol. The van der Waals surface area contributed by atoms with E-state index in [0.29, 0.717) is 6.42 Å². The summed E-state index contributed by atoms with van der Waals surface area (Å²) in [6.45, 7) is 0. The lowest BCUT2D eigenvalue weighted by molar-refractivity contribution is -0.140. The lowest BCUT2D eigenvalue weighted by Gasteiger charge is -1.97. The molecule has 13 heavy (non-hydrogen) atoms. The van der Waals surface area contributed by atoms with Crippen molar-refractivity contribution < 1.29 is 9.53 Å². The number of esters is 1. The van der Waals surface area contributed by atoms with Crippen molar-refractivity contribution in [3.05, 3.63) is 21.3 Å². The van der Waals surface area contributed by atoms with Crippen LogP contribution in [0.2, 0.25) is 4.34 Å². The van der Waals surface area contributed by atoms with E-state index in [0.717, 1.165) is 17.2 Å². The number of rotatable bonds is 4. The van der Waals surface area contributed by atoms with Crippen LogP contribution in [0.5, 0.6) is 0 Å². The summed E-state index contributed by atoms with van der Waals surface area (Å²) in [7, 11) is 1.41. The van der Waals surface area contributed by atoms with Crippen molar-refractivity contribution in [3.63, 3.8) is 0 Å². The molecule has 1 heterocycles. The molecule has 0 fully saturated rings. The molecular weight excluding hydrogens is 208 g/mol. The zero-order valence-corrected chi connectivity index (χ0v) is 8.95. The minimum absolute atomic E-state index is 0.150. The summed E-state index contributed by atoms with van der Waals surface area (Å²) in [4.78, 5) is 12.0. The Morgan fingerprint density at radius 3 is 2.92 bits per heavy atom. The summed E-state index contributed by atoms with van der Waals surface area (Å²) in [6.07, 6.45) is 2.20. The second-order valence-corrected chi connectivity index (χ2v) is 4.44. The van der Waals surface area contributed by atoms with Crippen LogP contribution < -0.4 is 0 Å². The molecule has 0 aliphatic carbocycles. The van der Waals surface area contributed by atoms with Crippen LogP contribution in [0.4, 0.5) is 0 Å². The number of hydrogen-bond acceptors (Lipinski definition) is 3. The summed E-state index contributed by atoms with van der Waals surface area (Å²) in [5.74, 6) is -0.150. The number of thiophene rings is 1. The standard InChI is InChI=1S/C9H11ClO2S/c1-12-9(11)4-2-3-7-5-6-8(10)13-7/h5-6H,2-4H2,1H3. The van der Waals surface area contributed by atoms with Crippen molar-refractivity contribution in [2.45, 2.75) is 19.3 Å². The van der Waals surface area contributed by atoms with E-state index in [9.17, 15) is 4.79 Å². The molecule has 0 atom stereocenters. The fourth-order valence-electron chi connectivity index (χ4n) is 0.995. The SMILES string of the molecule is COC(=O)CCCc1ccc(Cl)s1. The molecule has 0 N–H and O–H groups in total. The van der Waals surface area contributed by atoms with Gasteiger partial charge in [-0.25, -0.2) is 0 Å². The van der Waals surface area contributed by atoms with Crippen LogP contribution in [-0.4, -0.2) is 13.1 Å². The fraction of sp³-hybridized carbons (Fsp3) is 0.444. The van der Waals surface area contributed by atoms with Gasteiger partial charge in [0.15, 0.2) is 0 Å². The van der Waals surface area contributed by atoms with Gasteiger partial charge < -0.3 is 4.74 Å². The lowest BCUT2D eigenvalue weighted by atomic mass is 10.2. The predicted molar refractivity (Wildman–Crippen MR) is 54.3 cm³/mol. The first-order chi connectivity index (χ1) is 6.22. The Labute approximate surface area is 86.5 Å². The molecule has 4 heteroatoms. The molecule has 1 aromatic heterocycles. The third-order valence-electron chi connectivity index (χ3n) is 1.66. The van der Waals surface area contributed by atoms with Crippen molar-refractivity contribution in [2.75, 3.05) is 7.11 Å². The normalized spacial score (nSPS) is 10.0. The molecule has 0 spiro atoms. The maximum Gasteiger partial charge on any atom is 0.305 e. The minimum atomic E-state index is -0.150. The van der Waals surface area contributed by atoms with Gasteiger partial charge in [-0.1, -0.05) is 11.6 Å². The van der Waals surface area contributed by atoms with E-state index < -0.39 is 0 Å². The summed E-state index contributed by atoms with van der Waals surface area (Å²) in [5, 5.41) is 0. The van der Waals surface area contributed by atoms with Crippen LogP contribution in [0.15, 0.2) is 12.1 Å². The number of halogens is 1. The number of methoxy groups -OCH3 is 1. The van der Waals surface area contributed by atoms with Gasteiger partial charge in [0.25, 0.3) is 0 Å². The van der Waals surface area contributed by atoms with Gasteiger partial charge >= 0.3 is 5.97 Å². The number of ether oxygens (including phenoxy) is 1. The maximum absolute atomic E-state index is 10.8. The summed E-state index contributed by atoms with van der Waals surface area (Å²) >= 11 is 7.32. The molecular formula is C9H11ClO2S. The van der Waals surface area contributed by atoms with Crippen LogP contribution in [0.1, 0.15) is 17.7 Å². The second-order valence-electron chi connectivity index (χ2n) is 2.64. The molecule has 2 nitrogen and oxygen atoms in total. The molecule has 1 aromatic rings. The van der Waals surface area contributed by atoms with Gasteiger partial charge in [-0.3, -0.25) is 4.79 Å². The molecule has 0 radical (unpaired) electrons. The lowest BCUT2D eigenvalue weighted by Crippen LogP contribution is -1.99. The molecule has 0 unspecified atom stereocenters. The molecule has 0 aromatic carbocycles. The van der Waals surface area contributed by atoms with E-state index in [1.165, 1.54) is 12.0 Å². The van der Waals surface area contributed by atoms with Crippen molar-refractivity contribution in [1.82, 2.24) is 0 Å². The number of hydrogen-bond donors (Lipinski definition) is 0. The minimum Gasteiger partial charge on any atom is -0.469 e. The van der Waals surface area contributed by atoms with Crippen molar-refractivity contribution in [1.29, 1.82) is 0 Å². The van der Waals surface area contributed by atoms with Gasteiger partial charge in [0.05, 0.1) is 11.4 Å². The Kier molecular flexibility index (Phi) is 4.25. The summed E-state index contributed by atoms with van der Waals surface area (Å²) < 4.78 is 5.33. The molecule has 0 saturated heterocycles. The van der Waals surface area contributed by atoms with Gasteiger partial charge in [-0.15, -0.1) is 11.3 Å². The third-order valence-corrected chi connectivity index (χ3v) is 2.95. The Hall–Kier alpha value is -0.540. The first-order valence-electron chi connectivity index (χ1n) is 4.03. The Bertz CT molecular complexity index is 283. The summed E-state index contributed by atoms with van der Waals surface area (Å²) in [6, 6.07) is 3.87. The fourth-order valence-corrected chi connectivity index (χ4v) is 2.12. The quantitative estimate of drug-likeness (QED) is 0.727. The molecule has 0 saturated carbocycles. The van der Waals surface area contributed by atoms with Crippen LogP contribution in [0, 0.1) is 0 Å². The second kappa shape index (κ2) is 5.25. The van der Waals surface area contributed by atoms with Gasteiger partial charge in [0.2, 0.25) is 0 Å². The summed E-state index contributed by atoms with van der Waals surface area (Å²) in [5.41, 5.74) is 0. The highest BCUT2D eigenvalue weighted by Crippen LogP contribution is 2.22. The average Bonchev–Trinajstić information content (AvgIpc) is 2.51. The highest BCUT2D eigenvalue weighted by Gasteiger charge is 2.02. The van der Waals surface area contributed by atoms with Crippen molar-refractivity contribution >= 4 is 28.9 Å². The van der Waals surface area contributed by atoms with E-state index in [4.69, 9.17) is 11.6 Å².